The van der Waals surface area contributed by atoms with Gasteiger partial charge in [0.05, 0.1) is 34.1 Å². The van der Waals surface area contributed by atoms with Gasteiger partial charge in [0, 0.05) is 23.2 Å². The van der Waals surface area contributed by atoms with E-state index < -0.39 is 17.8 Å². The monoisotopic (exact) mass is 500 g/mol. The van der Waals surface area contributed by atoms with Crippen LogP contribution in [0.5, 0.6) is 0 Å². The Bertz CT molecular complexity index is 1530. The van der Waals surface area contributed by atoms with Gasteiger partial charge in [-0.25, -0.2) is 14.3 Å². The van der Waals surface area contributed by atoms with Crippen LogP contribution < -0.4 is 0 Å². The molecule has 1 aromatic carbocycles. The standard InChI is InChI=1S/C28H28N4O5/c1-15-23(16(2)37-31-15)18-13-19(24-20(14-18)32(26(33)34)25(30-24)17-6-7-17)28(35,21-5-3-4-12-29-21)22-8-9-27(36-22)10-11-27/h3-5,12-14,17,22,35H,6-11H2,1-2H3,(H,33,34)/t22-,28+/m1/s1. The molecule has 1 spiro atoms. The molecule has 0 radical (unpaired) electrons. The molecule has 7 rings (SSSR count). The number of imidazole rings is 1. The zero-order valence-corrected chi connectivity index (χ0v) is 20.8. The van der Waals surface area contributed by atoms with Crippen molar-refractivity contribution in [2.45, 2.75) is 75.6 Å². The first-order valence-electron chi connectivity index (χ1n) is 12.9. The molecule has 3 aliphatic rings. The van der Waals surface area contributed by atoms with Crippen molar-refractivity contribution in [2.24, 2.45) is 0 Å². The van der Waals surface area contributed by atoms with Crippen molar-refractivity contribution >= 4 is 17.1 Å². The van der Waals surface area contributed by atoms with Gasteiger partial charge in [-0.1, -0.05) is 11.2 Å². The van der Waals surface area contributed by atoms with Crippen molar-refractivity contribution in [2.75, 3.05) is 0 Å². The van der Waals surface area contributed by atoms with Crippen molar-refractivity contribution in [1.29, 1.82) is 0 Å². The molecule has 4 aromatic rings. The number of ether oxygens (including phenoxy) is 1. The number of rotatable bonds is 5. The number of hydrogen-bond acceptors (Lipinski definition) is 7. The molecule has 3 fully saturated rings. The lowest BCUT2D eigenvalue weighted by Gasteiger charge is -2.34. The van der Waals surface area contributed by atoms with Crippen molar-refractivity contribution in [3.8, 4) is 11.1 Å². The quantitative estimate of drug-likeness (QED) is 0.390. The largest absolute Gasteiger partial charge is 0.464 e. The van der Waals surface area contributed by atoms with Crippen molar-refractivity contribution in [3.63, 3.8) is 0 Å². The third-order valence-corrected chi connectivity index (χ3v) is 8.24. The lowest BCUT2D eigenvalue weighted by atomic mass is 9.81. The smallest absolute Gasteiger partial charge is 0.417 e. The Hall–Kier alpha value is -3.56. The third-order valence-electron chi connectivity index (χ3n) is 8.24. The predicted octanol–water partition coefficient (Wildman–Crippen LogP) is 5.05. The maximum absolute atomic E-state index is 12.7. The Kier molecular flexibility index (Phi) is 4.72. The van der Waals surface area contributed by atoms with E-state index >= 15 is 0 Å². The van der Waals surface area contributed by atoms with E-state index in [4.69, 9.17) is 14.2 Å². The average Bonchev–Trinajstić information content (AvgIpc) is 3.76. The summed E-state index contributed by atoms with van der Waals surface area (Å²) >= 11 is 0. The minimum atomic E-state index is -1.64. The van der Waals surface area contributed by atoms with Crippen LogP contribution in [0.15, 0.2) is 41.1 Å². The maximum Gasteiger partial charge on any atom is 0.417 e. The summed E-state index contributed by atoms with van der Waals surface area (Å²) < 4.78 is 13.3. The first kappa shape index (κ1) is 22.6. The lowest BCUT2D eigenvalue weighted by Crippen LogP contribution is -2.42. The van der Waals surface area contributed by atoms with Crippen molar-refractivity contribution in [3.05, 3.63) is 65.1 Å². The number of fused-ring (bicyclic) bond motifs is 1. The summed E-state index contributed by atoms with van der Waals surface area (Å²) in [7, 11) is 0. The lowest BCUT2D eigenvalue weighted by molar-refractivity contribution is -0.0934. The topological polar surface area (TPSA) is 124 Å². The molecule has 0 unspecified atom stereocenters. The number of pyridine rings is 1. The van der Waals surface area contributed by atoms with Crippen LogP contribution in [0, 0.1) is 13.8 Å². The number of aliphatic hydroxyl groups is 1. The highest BCUT2D eigenvalue weighted by atomic mass is 16.5. The number of carbonyl (C=O) groups is 1. The van der Waals surface area contributed by atoms with E-state index in [-0.39, 0.29) is 11.5 Å². The number of hydrogen-bond donors (Lipinski definition) is 2. The van der Waals surface area contributed by atoms with E-state index in [0.29, 0.717) is 51.6 Å². The van der Waals surface area contributed by atoms with Crippen LogP contribution in [-0.2, 0) is 10.3 Å². The maximum atomic E-state index is 12.7. The molecule has 0 amide bonds. The second-order valence-corrected chi connectivity index (χ2v) is 10.8. The highest BCUT2D eigenvalue weighted by Crippen LogP contribution is 2.55. The normalized spacial score (nSPS) is 22.0. The summed E-state index contributed by atoms with van der Waals surface area (Å²) in [5.41, 5.74) is 2.16. The van der Waals surface area contributed by atoms with Crippen LogP contribution in [0.2, 0.25) is 0 Å². The molecule has 3 aromatic heterocycles. The average molecular weight is 501 g/mol. The SMILES string of the molecule is Cc1noc(C)c1-c1cc([C@](O)(c2ccccn2)[C@H]2CCC3(CC3)O2)c2nc(C3CC3)n(C(=O)O)c2c1. The second kappa shape index (κ2) is 7.72. The summed E-state index contributed by atoms with van der Waals surface area (Å²) in [6.45, 7) is 3.67. The fourth-order valence-corrected chi connectivity index (χ4v) is 6.02. The molecule has 2 N–H and O–H groups in total. The van der Waals surface area contributed by atoms with Crippen molar-refractivity contribution in [1.82, 2.24) is 19.7 Å². The van der Waals surface area contributed by atoms with Gasteiger partial charge in [0.25, 0.3) is 0 Å². The molecule has 2 saturated carbocycles. The summed E-state index contributed by atoms with van der Waals surface area (Å²) in [5, 5.41) is 27.1. The van der Waals surface area contributed by atoms with E-state index in [1.54, 1.807) is 12.3 Å². The Balaban J connectivity index is 1.55. The molecule has 37 heavy (non-hydrogen) atoms. The first-order valence-corrected chi connectivity index (χ1v) is 12.9. The summed E-state index contributed by atoms with van der Waals surface area (Å²) in [6, 6.07) is 9.15. The molecule has 9 heteroatoms. The Morgan fingerprint density at radius 3 is 2.57 bits per heavy atom. The molecular weight excluding hydrogens is 472 g/mol. The second-order valence-electron chi connectivity index (χ2n) is 10.8. The van der Waals surface area contributed by atoms with Gasteiger partial charge in [0.1, 0.15) is 11.6 Å². The third kappa shape index (κ3) is 3.37. The van der Waals surface area contributed by atoms with Crippen molar-refractivity contribution < 1.29 is 24.3 Å². The molecular formula is C28H28N4O5. The molecule has 2 aliphatic carbocycles. The molecule has 2 atom stereocenters. The van der Waals surface area contributed by atoms with E-state index in [0.717, 1.165) is 37.7 Å². The summed E-state index contributed by atoms with van der Waals surface area (Å²) in [4.78, 5) is 22.0. The number of aryl methyl sites for hydroxylation is 2. The van der Waals surface area contributed by atoms with E-state index in [1.165, 1.54) is 4.57 Å². The number of aromatic nitrogens is 4. The van der Waals surface area contributed by atoms with Gasteiger partial charge in [0.15, 0.2) is 5.60 Å². The van der Waals surface area contributed by atoms with Crippen LogP contribution in [0.3, 0.4) is 0 Å². The zero-order valence-electron chi connectivity index (χ0n) is 20.8. The van der Waals surface area contributed by atoms with Crippen LogP contribution in [0.4, 0.5) is 4.79 Å². The molecule has 4 heterocycles. The minimum Gasteiger partial charge on any atom is -0.464 e. The Morgan fingerprint density at radius 1 is 1.16 bits per heavy atom. The predicted molar refractivity (Wildman–Crippen MR) is 133 cm³/mol. The van der Waals surface area contributed by atoms with E-state index in [2.05, 4.69) is 10.1 Å². The molecule has 0 bridgehead atoms. The van der Waals surface area contributed by atoms with Gasteiger partial charge in [-0.15, -0.1) is 0 Å². The fraction of sp³-hybridized carbons (Fsp3) is 0.429. The zero-order chi connectivity index (χ0) is 25.5. The molecule has 1 saturated heterocycles. The molecule has 1 aliphatic heterocycles. The highest BCUT2D eigenvalue weighted by molar-refractivity contribution is 5.93. The van der Waals surface area contributed by atoms with Gasteiger partial charge >= 0.3 is 6.09 Å². The number of nitrogens with zero attached hydrogens (tertiary/aromatic N) is 4. The van der Waals surface area contributed by atoms with Crippen LogP contribution in [-0.4, -0.2) is 47.7 Å². The van der Waals surface area contributed by atoms with Crippen LogP contribution >= 0.6 is 0 Å². The van der Waals surface area contributed by atoms with Gasteiger partial charge in [-0.2, -0.15) is 0 Å². The molecule has 9 nitrogen and oxygen atoms in total. The van der Waals surface area contributed by atoms with Gasteiger partial charge in [-0.05, 0) is 82.2 Å². The highest BCUT2D eigenvalue weighted by Gasteiger charge is 2.57. The summed E-state index contributed by atoms with van der Waals surface area (Å²) in [6.07, 6.45) is 5.29. The summed E-state index contributed by atoms with van der Waals surface area (Å²) in [5.74, 6) is 1.20. The number of benzene rings is 1. The van der Waals surface area contributed by atoms with E-state index in [9.17, 15) is 15.0 Å². The van der Waals surface area contributed by atoms with Gasteiger partial charge in [-0.3, -0.25) is 4.98 Å². The van der Waals surface area contributed by atoms with Gasteiger partial charge < -0.3 is 19.5 Å². The van der Waals surface area contributed by atoms with Crippen LogP contribution in [0.1, 0.15) is 73.0 Å². The number of carboxylic acid groups (broad SMARTS) is 1. The Morgan fingerprint density at radius 2 is 1.97 bits per heavy atom. The van der Waals surface area contributed by atoms with E-state index in [1.807, 2.05) is 38.1 Å². The Labute approximate surface area is 213 Å². The van der Waals surface area contributed by atoms with Crippen LogP contribution in [0.25, 0.3) is 22.2 Å². The molecule has 190 valence electrons. The van der Waals surface area contributed by atoms with Gasteiger partial charge in [0.2, 0.25) is 0 Å². The minimum absolute atomic E-state index is 0.0827. The fourth-order valence-electron chi connectivity index (χ4n) is 6.02. The first-order chi connectivity index (χ1) is 17.8.